The minimum atomic E-state index is 0. The van der Waals surface area contributed by atoms with Gasteiger partial charge < -0.3 is 10.2 Å². The van der Waals surface area contributed by atoms with Crippen molar-refractivity contribution in [2.75, 3.05) is 44.2 Å². The summed E-state index contributed by atoms with van der Waals surface area (Å²) in [5.41, 5.74) is 1.09. The molecule has 1 unspecified atom stereocenters. The molecule has 0 saturated carbocycles. The van der Waals surface area contributed by atoms with Crippen LogP contribution >= 0.6 is 36.6 Å². The summed E-state index contributed by atoms with van der Waals surface area (Å²) in [5, 5.41) is 3.89. The van der Waals surface area contributed by atoms with Crippen LogP contribution in [0.5, 0.6) is 0 Å². The van der Waals surface area contributed by atoms with E-state index in [0.29, 0.717) is 11.8 Å². The van der Waals surface area contributed by atoms with Gasteiger partial charge in [-0.2, -0.15) is 0 Å². The third kappa shape index (κ3) is 5.26. The molecule has 1 fully saturated rings. The molecule has 1 N–H and O–H groups in total. The summed E-state index contributed by atoms with van der Waals surface area (Å²) in [6.45, 7) is 7.50. The molecule has 2 heterocycles. The monoisotopic (exact) mass is 377 g/mol. The number of carbonyl (C=O) groups is 1. The number of anilines is 1. The number of fused-ring (bicyclic) bond motifs is 1. The van der Waals surface area contributed by atoms with Crippen molar-refractivity contribution in [2.45, 2.75) is 23.5 Å². The molecule has 0 spiro atoms. The van der Waals surface area contributed by atoms with Crippen LogP contribution in [0.1, 0.15) is 13.3 Å². The van der Waals surface area contributed by atoms with Crippen LogP contribution in [0.2, 0.25) is 0 Å². The Balaban J connectivity index is 0.00000132. The van der Waals surface area contributed by atoms with Gasteiger partial charge in [0.1, 0.15) is 0 Å². The molecule has 1 aromatic carbocycles. The summed E-state index contributed by atoms with van der Waals surface area (Å²) in [7, 11) is 0. The fraction of sp³-hybridized carbons (Fsp3) is 0.562. The van der Waals surface area contributed by atoms with E-state index in [1.165, 1.54) is 4.90 Å². The lowest BCUT2D eigenvalue weighted by Gasteiger charge is -2.30. The van der Waals surface area contributed by atoms with Crippen LogP contribution in [0.15, 0.2) is 29.2 Å². The number of rotatable bonds is 2. The Hall–Kier alpha value is -0.460. The van der Waals surface area contributed by atoms with Gasteiger partial charge in [0.05, 0.1) is 12.2 Å². The van der Waals surface area contributed by atoms with E-state index >= 15 is 0 Å². The number of para-hydroxylation sites is 1. The summed E-state index contributed by atoms with van der Waals surface area (Å²) in [4.78, 5) is 18.2. The zero-order valence-electron chi connectivity index (χ0n) is 13.4. The van der Waals surface area contributed by atoms with E-state index in [0.717, 1.165) is 44.8 Å². The maximum absolute atomic E-state index is 12.7. The van der Waals surface area contributed by atoms with Crippen molar-refractivity contribution in [3.8, 4) is 0 Å². The van der Waals surface area contributed by atoms with Gasteiger partial charge in [-0.3, -0.25) is 9.69 Å². The number of amides is 1. The summed E-state index contributed by atoms with van der Waals surface area (Å²) in [6, 6.07) is 8.30. The molecular formula is C16H25Cl2N3OS. The highest BCUT2D eigenvalue weighted by Gasteiger charge is 2.25. The van der Waals surface area contributed by atoms with E-state index in [2.05, 4.69) is 35.3 Å². The van der Waals surface area contributed by atoms with Gasteiger partial charge >= 0.3 is 0 Å². The first-order valence-electron chi connectivity index (χ1n) is 7.73. The Morgan fingerprint density at radius 2 is 1.91 bits per heavy atom. The number of halogens is 2. The number of hydrogen-bond acceptors (Lipinski definition) is 4. The molecule has 3 rings (SSSR count). The smallest absolute Gasteiger partial charge is 0.241 e. The molecule has 23 heavy (non-hydrogen) atoms. The van der Waals surface area contributed by atoms with E-state index in [-0.39, 0.29) is 30.7 Å². The molecule has 1 amide bonds. The first-order valence-corrected chi connectivity index (χ1v) is 8.61. The van der Waals surface area contributed by atoms with E-state index < -0.39 is 0 Å². The van der Waals surface area contributed by atoms with Crippen molar-refractivity contribution >= 4 is 48.2 Å². The van der Waals surface area contributed by atoms with Gasteiger partial charge in [-0.25, -0.2) is 0 Å². The predicted octanol–water partition coefficient (Wildman–Crippen LogP) is 2.65. The average molecular weight is 378 g/mol. The molecule has 0 aromatic heterocycles. The summed E-state index contributed by atoms with van der Waals surface area (Å²) >= 11 is 1.88. The van der Waals surface area contributed by atoms with Crippen molar-refractivity contribution in [3.05, 3.63) is 24.3 Å². The lowest BCUT2D eigenvalue weighted by Crippen LogP contribution is -2.48. The van der Waals surface area contributed by atoms with Gasteiger partial charge in [0.2, 0.25) is 5.91 Å². The minimum Gasteiger partial charge on any atom is -0.314 e. The number of benzene rings is 1. The number of piperazine rings is 1. The molecule has 1 atom stereocenters. The molecule has 0 aliphatic carbocycles. The third-order valence-corrected chi connectivity index (χ3v) is 5.35. The predicted molar refractivity (Wildman–Crippen MR) is 103 cm³/mol. The zero-order valence-corrected chi connectivity index (χ0v) is 15.8. The zero-order chi connectivity index (χ0) is 14.7. The van der Waals surface area contributed by atoms with E-state index in [4.69, 9.17) is 0 Å². The van der Waals surface area contributed by atoms with Crippen LogP contribution in [0.4, 0.5) is 5.69 Å². The van der Waals surface area contributed by atoms with Gasteiger partial charge in [0.25, 0.3) is 0 Å². The molecule has 130 valence electrons. The second kappa shape index (κ2) is 9.74. The third-order valence-electron chi connectivity index (χ3n) is 4.11. The van der Waals surface area contributed by atoms with Crippen LogP contribution in [-0.4, -0.2) is 55.3 Å². The van der Waals surface area contributed by atoms with E-state index in [9.17, 15) is 4.79 Å². The number of carbonyl (C=O) groups excluding carboxylic acids is 1. The van der Waals surface area contributed by atoms with Crippen LogP contribution in [-0.2, 0) is 4.79 Å². The summed E-state index contributed by atoms with van der Waals surface area (Å²) in [5.74, 6) is 0.235. The fourth-order valence-electron chi connectivity index (χ4n) is 2.89. The van der Waals surface area contributed by atoms with E-state index in [1.807, 2.05) is 22.7 Å². The standard InChI is InChI=1S/C16H23N3OS.2ClH/c1-13-6-9-19(14-4-2-3-5-15(14)21-13)16(20)12-18-10-7-17-8-11-18;;/h2-5,13,17H,6-12H2,1H3;2*1H. The molecule has 1 aromatic rings. The molecule has 1 saturated heterocycles. The highest BCUT2D eigenvalue weighted by Crippen LogP contribution is 2.37. The lowest BCUT2D eigenvalue weighted by molar-refractivity contribution is -0.119. The van der Waals surface area contributed by atoms with Crippen molar-refractivity contribution in [2.24, 2.45) is 0 Å². The van der Waals surface area contributed by atoms with Gasteiger partial charge in [-0.05, 0) is 18.6 Å². The minimum absolute atomic E-state index is 0. The summed E-state index contributed by atoms with van der Waals surface area (Å²) < 4.78 is 0. The average Bonchev–Trinajstić information content (AvgIpc) is 2.66. The molecule has 2 aliphatic heterocycles. The van der Waals surface area contributed by atoms with Crippen molar-refractivity contribution in [3.63, 3.8) is 0 Å². The maximum atomic E-state index is 12.7. The van der Waals surface area contributed by atoms with E-state index in [1.54, 1.807) is 0 Å². The van der Waals surface area contributed by atoms with Gasteiger partial charge in [-0.15, -0.1) is 36.6 Å². The highest BCUT2D eigenvalue weighted by molar-refractivity contribution is 8.00. The molecular weight excluding hydrogens is 353 g/mol. The highest BCUT2D eigenvalue weighted by atomic mass is 35.5. The number of hydrogen-bond donors (Lipinski definition) is 1. The van der Waals surface area contributed by atoms with Crippen LogP contribution in [0, 0.1) is 0 Å². The Kier molecular flexibility index (Phi) is 8.72. The Bertz CT molecular complexity index is 512. The Morgan fingerprint density at radius 1 is 1.22 bits per heavy atom. The van der Waals surface area contributed by atoms with Crippen molar-refractivity contribution in [1.29, 1.82) is 0 Å². The Morgan fingerprint density at radius 3 is 2.65 bits per heavy atom. The topological polar surface area (TPSA) is 35.6 Å². The lowest BCUT2D eigenvalue weighted by atomic mass is 10.2. The van der Waals surface area contributed by atoms with Gasteiger partial charge in [0, 0.05) is 42.9 Å². The normalized spacial score (nSPS) is 21.4. The Labute approximate surface area is 155 Å². The molecule has 2 aliphatic rings. The van der Waals surface area contributed by atoms with Crippen molar-refractivity contribution < 1.29 is 4.79 Å². The quantitative estimate of drug-likeness (QED) is 0.858. The fourth-order valence-corrected chi connectivity index (χ4v) is 4.00. The van der Waals surface area contributed by atoms with Crippen LogP contribution in [0.3, 0.4) is 0 Å². The van der Waals surface area contributed by atoms with Crippen molar-refractivity contribution in [1.82, 2.24) is 10.2 Å². The first-order chi connectivity index (χ1) is 10.2. The molecule has 7 heteroatoms. The van der Waals surface area contributed by atoms with Crippen LogP contribution < -0.4 is 10.2 Å². The number of nitrogens with one attached hydrogen (secondary N) is 1. The summed E-state index contributed by atoms with van der Waals surface area (Å²) in [6.07, 6.45) is 1.05. The van der Waals surface area contributed by atoms with Crippen LogP contribution in [0.25, 0.3) is 0 Å². The second-order valence-corrected chi connectivity index (χ2v) is 7.24. The first kappa shape index (κ1) is 20.6. The molecule has 4 nitrogen and oxygen atoms in total. The molecule has 0 radical (unpaired) electrons. The SMILES string of the molecule is CC1CCN(C(=O)CN2CCNCC2)c2ccccc2S1.Cl.Cl. The second-order valence-electron chi connectivity index (χ2n) is 5.76. The van der Waals surface area contributed by atoms with Gasteiger partial charge in [0.15, 0.2) is 0 Å². The number of thioether (sulfide) groups is 1. The molecule has 0 bridgehead atoms. The maximum Gasteiger partial charge on any atom is 0.241 e. The number of nitrogens with zero attached hydrogens (tertiary/aromatic N) is 2. The largest absolute Gasteiger partial charge is 0.314 e. The van der Waals surface area contributed by atoms with Gasteiger partial charge in [-0.1, -0.05) is 19.1 Å².